The van der Waals surface area contributed by atoms with Gasteiger partial charge in [-0.3, -0.25) is 14.2 Å². The summed E-state index contributed by atoms with van der Waals surface area (Å²) in [5.74, 6) is -0.868. The molecule has 1 aromatic heterocycles. The number of hydrogen-bond donors (Lipinski definition) is 1. The minimum atomic E-state index is -0.448. The predicted octanol–water partition coefficient (Wildman–Crippen LogP) is 4.29. The van der Waals surface area contributed by atoms with Gasteiger partial charge in [0.2, 0.25) is 11.8 Å². The number of anilines is 2. The molecule has 1 aliphatic rings. The van der Waals surface area contributed by atoms with Crippen LogP contribution < -0.4 is 16.0 Å². The fraction of sp³-hybridized carbons (Fsp3) is 0.375. The molecule has 3 aromatic rings. The maximum atomic E-state index is 12.9. The number of aromatic nitrogens is 1. The number of hydrogen-bond acceptors (Lipinski definition) is 4. The predicted molar refractivity (Wildman–Crippen MR) is 120 cm³/mol. The van der Waals surface area contributed by atoms with Crippen molar-refractivity contribution in [2.45, 2.75) is 46.1 Å². The van der Waals surface area contributed by atoms with Gasteiger partial charge < -0.3 is 14.6 Å². The van der Waals surface area contributed by atoms with Crippen LogP contribution in [0.1, 0.15) is 51.6 Å². The molecule has 4 rings (SSSR count). The number of oxazole rings is 1. The third-order valence-electron chi connectivity index (χ3n) is 5.74. The van der Waals surface area contributed by atoms with Gasteiger partial charge >= 0.3 is 5.76 Å². The first kappa shape index (κ1) is 20.9. The van der Waals surface area contributed by atoms with E-state index in [4.69, 9.17) is 4.42 Å². The molecular weight excluding hydrogens is 394 g/mol. The van der Waals surface area contributed by atoms with Gasteiger partial charge in [-0.1, -0.05) is 32.0 Å². The summed E-state index contributed by atoms with van der Waals surface area (Å²) in [6.07, 6.45) is 0.166. The van der Waals surface area contributed by atoms with Crippen LogP contribution in [0.5, 0.6) is 0 Å². The Labute approximate surface area is 180 Å². The van der Waals surface area contributed by atoms with Crippen LogP contribution in [0.3, 0.4) is 0 Å². The van der Waals surface area contributed by atoms with Crippen molar-refractivity contribution in [1.29, 1.82) is 0 Å². The van der Waals surface area contributed by atoms with E-state index in [9.17, 15) is 14.4 Å². The average molecular weight is 421 g/mol. The van der Waals surface area contributed by atoms with Crippen molar-refractivity contribution in [3.63, 3.8) is 0 Å². The van der Waals surface area contributed by atoms with E-state index in [2.05, 4.69) is 19.2 Å². The van der Waals surface area contributed by atoms with Crippen LogP contribution in [0, 0.1) is 5.92 Å². The highest BCUT2D eigenvalue weighted by Crippen LogP contribution is 2.32. The number of nitrogens with one attached hydrogen (secondary N) is 1. The Morgan fingerprint density at radius 1 is 1.10 bits per heavy atom. The van der Waals surface area contributed by atoms with Crippen LogP contribution in [0.4, 0.5) is 11.4 Å². The lowest BCUT2D eigenvalue weighted by atomic mass is 10.0. The maximum Gasteiger partial charge on any atom is 0.420 e. The van der Waals surface area contributed by atoms with Crippen LogP contribution >= 0.6 is 0 Å². The summed E-state index contributed by atoms with van der Waals surface area (Å²) >= 11 is 0. The first-order valence-corrected chi connectivity index (χ1v) is 10.6. The largest absolute Gasteiger partial charge is 0.420 e. The molecule has 2 aromatic carbocycles. The summed E-state index contributed by atoms with van der Waals surface area (Å²) in [7, 11) is 0. The van der Waals surface area contributed by atoms with E-state index in [1.165, 1.54) is 0 Å². The van der Waals surface area contributed by atoms with Crippen molar-refractivity contribution < 1.29 is 14.0 Å². The molecule has 1 fully saturated rings. The first-order valence-electron chi connectivity index (χ1n) is 10.6. The number of para-hydroxylation sites is 1. The number of carbonyl (C=O) groups excluding carboxylic acids is 2. The zero-order chi connectivity index (χ0) is 22.3. The number of amides is 2. The second-order valence-electron chi connectivity index (χ2n) is 8.62. The van der Waals surface area contributed by atoms with Crippen molar-refractivity contribution in [3.8, 4) is 0 Å². The summed E-state index contributed by atoms with van der Waals surface area (Å²) in [4.78, 5) is 39.4. The SMILES string of the molecule is CC(C)c1ccccc1N1CC(C(=O)Nc2ccc3c(c2)oc(=O)n3C(C)C)CC1=O. The molecule has 1 unspecified atom stereocenters. The van der Waals surface area contributed by atoms with Crippen LogP contribution in [-0.2, 0) is 9.59 Å². The fourth-order valence-electron chi connectivity index (χ4n) is 4.19. The lowest BCUT2D eigenvalue weighted by Gasteiger charge is -2.22. The molecule has 2 amide bonds. The molecule has 162 valence electrons. The summed E-state index contributed by atoms with van der Waals surface area (Å²) < 4.78 is 6.90. The van der Waals surface area contributed by atoms with Gasteiger partial charge in [0.1, 0.15) is 0 Å². The van der Waals surface area contributed by atoms with Crippen molar-refractivity contribution in [2.75, 3.05) is 16.8 Å². The third kappa shape index (κ3) is 3.87. The topological polar surface area (TPSA) is 84.6 Å². The highest BCUT2D eigenvalue weighted by atomic mass is 16.4. The Kier molecular flexibility index (Phi) is 5.43. The second-order valence-corrected chi connectivity index (χ2v) is 8.62. The highest BCUT2D eigenvalue weighted by Gasteiger charge is 2.36. The lowest BCUT2D eigenvalue weighted by molar-refractivity contribution is -0.122. The van der Waals surface area contributed by atoms with E-state index in [0.29, 0.717) is 23.3 Å². The molecule has 0 radical (unpaired) electrons. The van der Waals surface area contributed by atoms with E-state index < -0.39 is 11.7 Å². The molecule has 0 bridgehead atoms. The smallest absolute Gasteiger partial charge is 0.408 e. The Bertz CT molecular complexity index is 1200. The summed E-state index contributed by atoms with van der Waals surface area (Å²) in [6.45, 7) is 8.34. The standard InChI is InChI=1S/C24H27N3O4/c1-14(2)18-7-5-6-8-19(18)26-13-16(11-22(26)28)23(29)25-17-9-10-20-21(12-17)31-24(30)27(20)15(3)4/h5-10,12,14-16H,11,13H2,1-4H3,(H,25,29). The molecule has 0 aliphatic carbocycles. The van der Waals surface area contributed by atoms with Crippen LogP contribution in [0.2, 0.25) is 0 Å². The number of benzene rings is 2. The molecule has 1 saturated heterocycles. The van der Waals surface area contributed by atoms with Gasteiger partial charge in [-0.05, 0) is 43.5 Å². The molecule has 7 nitrogen and oxygen atoms in total. The van der Waals surface area contributed by atoms with Gasteiger partial charge in [-0.25, -0.2) is 4.79 Å². The van der Waals surface area contributed by atoms with Gasteiger partial charge in [-0.15, -0.1) is 0 Å². The molecule has 1 atom stereocenters. The average Bonchev–Trinajstić information content (AvgIpc) is 3.26. The molecule has 1 aliphatic heterocycles. The zero-order valence-electron chi connectivity index (χ0n) is 18.2. The maximum absolute atomic E-state index is 12.9. The van der Waals surface area contributed by atoms with E-state index in [0.717, 1.165) is 11.3 Å². The monoisotopic (exact) mass is 421 g/mol. The Morgan fingerprint density at radius 3 is 2.55 bits per heavy atom. The van der Waals surface area contributed by atoms with Gasteiger partial charge in [-0.2, -0.15) is 0 Å². The molecule has 7 heteroatoms. The molecular formula is C24H27N3O4. The van der Waals surface area contributed by atoms with Crippen LogP contribution in [0.25, 0.3) is 11.1 Å². The Hall–Kier alpha value is -3.35. The summed E-state index contributed by atoms with van der Waals surface area (Å²) in [5.41, 5.74) is 3.61. The minimum absolute atomic E-state index is 0.0293. The number of nitrogens with zero attached hydrogens (tertiary/aromatic N) is 2. The van der Waals surface area contributed by atoms with Gasteiger partial charge in [0, 0.05) is 36.4 Å². The molecule has 0 saturated carbocycles. The van der Waals surface area contributed by atoms with Crippen molar-refractivity contribution in [1.82, 2.24) is 4.57 Å². The van der Waals surface area contributed by atoms with Gasteiger partial charge in [0.25, 0.3) is 0 Å². The van der Waals surface area contributed by atoms with Gasteiger partial charge in [0.15, 0.2) is 5.58 Å². The van der Waals surface area contributed by atoms with E-state index in [1.54, 1.807) is 27.7 Å². The molecule has 31 heavy (non-hydrogen) atoms. The lowest BCUT2D eigenvalue weighted by Crippen LogP contribution is -2.28. The number of fused-ring (bicyclic) bond motifs is 1. The highest BCUT2D eigenvalue weighted by molar-refractivity contribution is 6.04. The third-order valence-corrected chi connectivity index (χ3v) is 5.74. The van der Waals surface area contributed by atoms with Crippen molar-refractivity contribution in [2.24, 2.45) is 5.92 Å². The normalized spacial score (nSPS) is 16.6. The van der Waals surface area contributed by atoms with Crippen LogP contribution in [0.15, 0.2) is 51.7 Å². The minimum Gasteiger partial charge on any atom is -0.408 e. The number of carbonyl (C=O) groups is 2. The Morgan fingerprint density at radius 2 is 1.84 bits per heavy atom. The molecule has 2 heterocycles. The first-order chi connectivity index (χ1) is 14.8. The molecule has 0 spiro atoms. The van der Waals surface area contributed by atoms with E-state index in [-0.39, 0.29) is 30.2 Å². The Balaban J connectivity index is 1.52. The van der Waals surface area contributed by atoms with Crippen LogP contribution in [-0.4, -0.2) is 22.9 Å². The zero-order valence-corrected chi connectivity index (χ0v) is 18.2. The number of rotatable bonds is 5. The molecule has 1 N–H and O–H groups in total. The van der Waals surface area contributed by atoms with E-state index >= 15 is 0 Å². The van der Waals surface area contributed by atoms with Crippen molar-refractivity contribution in [3.05, 3.63) is 58.6 Å². The quantitative estimate of drug-likeness (QED) is 0.666. The fourth-order valence-corrected chi connectivity index (χ4v) is 4.19. The van der Waals surface area contributed by atoms with E-state index in [1.807, 2.05) is 38.1 Å². The summed E-state index contributed by atoms with van der Waals surface area (Å²) in [5, 5.41) is 2.87. The van der Waals surface area contributed by atoms with Crippen molar-refractivity contribution >= 4 is 34.3 Å². The van der Waals surface area contributed by atoms with Gasteiger partial charge in [0.05, 0.1) is 11.4 Å². The second kappa shape index (κ2) is 8.06. The summed E-state index contributed by atoms with van der Waals surface area (Å²) in [6, 6.07) is 13.0.